The molecule has 3 atom stereocenters. The number of benzene rings is 2. The molecule has 0 radical (unpaired) electrons. The highest BCUT2D eigenvalue weighted by Crippen LogP contribution is 2.34. The van der Waals surface area contributed by atoms with Crippen molar-refractivity contribution in [3.8, 4) is 5.75 Å². The minimum Gasteiger partial charge on any atom is -0.489 e. The van der Waals surface area contributed by atoms with Gasteiger partial charge in [-0.25, -0.2) is 0 Å². The van der Waals surface area contributed by atoms with Gasteiger partial charge in [0.05, 0.1) is 18.6 Å². The zero-order valence-electron chi connectivity index (χ0n) is 22.5. The third-order valence-electron chi connectivity index (χ3n) is 6.12. The van der Waals surface area contributed by atoms with Crippen LogP contribution in [0.2, 0.25) is 0 Å². The van der Waals surface area contributed by atoms with Crippen LogP contribution >= 0.6 is 0 Å². The van der Waals surface area contributed by atoms with Crippen molar-refractivity contribution >= 4 is 17.7 Å². The standard InChI is InChI=1S/C26H27N3O5/c1-17-5-10-22(25(31)27-17)29-14-21-20(26(29)32)3-2-4-23(21)34-15-19-8-6-18(7-9-19)13-28-11-12-33-16-24(28)30/h2-4,6-9,22H,1,5,10-16H2,(H,27,31)/i11D2,12D,16D. The smallest absolute Gasteiger partial charge is 0.255 e. The lowest BCUT2D eigenvalue weighted by atomic mass is 10.0. The molecule has 3 aliphatic heterocycles. The molecule has 1 N–H and O–H groups in total. The van der Waals surface area contributed by atoms with Gasteiger partial charge in [-0.2, -0.15) is 0 Å². The molecule has 3 amide bonds. The Hall–Kier alpha value is -3.65. The number of allylic oxidation sites excluding steroid dienone is 1. The number of carbonyl (C=O) groups excluding carboxylic acids is 3. The van der Waals surface area contributed by atoms with Crippen LogP contribution in [0, 0.1) is 0 Å². The van der Waals surface area contributed by atoms with Crippen LogP contribution < -0.4 is 10.1 Å². The van der Waals surface area contributed by atoms with E-state index >= 15 is 0 Å². The van der Waals surface area contributed by atoms with Crippen molar-refractivity contribution in [1.82, 2.24) is 15.1 Å². The molecule has 2 saturated heterocycles. The Morgan fingerprint density at radius 1 is 1.15 bits per heavy atom. The first-order chi connectivity index (χ1) is 18.1. The Morgan fingerprint density at radius 2 is 1.94 bits per heavy atom. The number of fused-ring (bicyclic) bond motifs is 1. The molecular weight excluding hydrogens is 434 g/mol. The molecule has 3 heterocycles. The third kappa shape index (κ3) is 4.41. The van der Waals surface area contributed by atoms with Crippen LogP contribution in [0.5, 0.6) is 5.75 Å². The summed E-state index contributed by atoms with van der Waals surface area (Å²) in [6, 6.07) is 11.7. The fourth-order valence-corrected chi connectivity index (χ4v) is 4.29. The second-order valence-electron chi connectivity index (χ2n) is 8.39. The lowest BCUT2D eigenvalue weighted by molar-refractivity contribution is -0.143. The van der Waals surface area contributed by atoms with Crippen molar-refractivity contribution in [3.63, 3.8) is 0 Å². The molecular formula is C26H27N3O5. The minimum absolute atomic E-state index is 0.104. The van der Waals surface area contributed by atoms with E-state index in [-0.39, 0.29) is 31.5 Å². The van der Waals surface area contributed by atoms with Crippen molar-refractivity contribution in [3.05, 3.63) is 77.0 Å². The molecule has 3 aliphatic rings. The van der Waals surface area contributed by atoms with Crippen molar-refractivity contribution < 1.29 is 29.3 Å². The van der Waals surface area contributed by atoms with Crippen LogP contribution in [0.1, 0.15) is 45.4 Å². The van der Waals surface area contributed by atoms with Crippen molar-refractivity contribution in [1.29, 1.82) is 0 Å². The summed E-state index contributed by atoms with van der Waals surface area (Å²) in [6.07, 6.45) is 1.14. The zero-order chi connectivity index (χ0) is 27.2. The highest BCUT2D eigenvalue weighted by atomic mass is 16.5. The van der Waals surface area contributed by atoms with Crippen LogP contribution in [0.25, 0.3) is 0 Å². The number of rotatable bonds is 6. The first kappa shape index (κ1) is 17.8. The zero-order valence-corrected chi connectivity index (χ0v) is 18.5. The normalized spacial score (nSPS) is 27.9. The Labute approximate surface area is 203 Å². The average Bonchev–Trinajstić information content (AvgIpc) is 3.22. The molecule has 3 unspecified atom stereocenters. The summed E-state index contributed by atoms with van der Waals surface area (Å²) < 4.78 is 42.3. The molecule has 0 bridgehead atoms. The van der Waals surface area contributed by atoms with E-state index in [4.69, 9.17) is 15.0 Å². The van der Waals surface area contributed by atoms with E-state index in [9.17, 15) is 14.4 Å². The van der Waals surface area contributed by atoms with Gasteiger partial charge in [0, 0.05) is 29.9 Å². The van der Waals surface area contributed by atoms with Gasteiger partial charge in [-0.05, 0) is 36.1 Å². The number of piperidine rings is 1. The van der Waals surface area contributed by atoms with Gasteiger partial charge in [-0.3, -0.25) is 14.4 Å². The van der Waals surface area contributed by atoms with E-state index in [1.807, 2.05) is 0 Å². The van der Waals surface area contributed by atoms with Crippen LogP contribution in [-0.2, 0) is 34.0 Å². The molecule has 0 aliphatic carbocycles. The Morgan fingerprint density at radius 3 is 2.74 bits per heavy atom. The van der Waals surface area contributed by atoms with Gasteiger partial charge in [0.25, 0.3) is 5.91 Å². The van der Waals surface area contributed by atoms with E-state index < -0.39 is 31.6 Å². The van der Waals surface area contributed by atoms with Crippen LogP contribution in [-0.4, -0.2) is 53.2 Å². The number of hydrogen-bond acceptors (Lipinski definition) is 5. The molecule has 2 aromatic carbocycles. The molecule has 0 saturated carbocycles. The number of morpholine rings is 1. The van der Waals surface area contributed by atoms with Gasteiger partial charge >= 0.3 is 0 Å². The van der Waals surface area contributed by atoms with E-state index in [0.717, 1.165) is 16.0 Å². The maximum Gasteiger partial charge on any atom is 0.255 e. The molecule has 2 fully saturated rings. The summed E-state index contributed by atoms with van der Waals surface area (Å²) in [4.78, 5) is 40.2. The molecule has 34 heavy (non-hydrogen) atoms. The Balaban J connectivity index is 1.25. The van der Waals surface area contributed by atoms with E-state index in [2.05, 4.69) is 11.9 Å². The topological polar surface area (TPSA) is 88.2 Å². The van der Waals surface area contributed by atoms with Gasteiger partial charge in [-0.1, -0.05) is 36.9 Å². The number of nitrogens with one attached hydrogen (secondary N) is 1. The number of nitrogens with zero attached hydrogens (tertiary/aromatic N) is 2. The molecule has 2 aromatic rings. The average molecular weight is 466 g/mol. The Bertz CT molecular complexity index is 1300. The first-order valence-corrected chi connectivity index (χ1v) is 11.0. The second kappa shape index (κ2) is 9.30. The van der Waals surface area contributed by atoms with Gasteiger partial charge in [0.2, 0.25) is 11.8 Å². The first-order valence-electron chi connectivity index (χ1n) is 13.2. The summed E-state index contributed by atoms with van der Waals surface area (Å²) in [7, 11) is 0. The van der Waals surface area contributed by atoms with Crippen LogP contribution in [0.3, 0.4) is 0 Å². The van der Waals surface area contributed by atoms with E-state index in [1.54, 1.807) is 47.4 Å². The SMILES string of the molecule is [2H]C1OC([2H])C([2H])([2H])N(Cc2ccc(COc3cccc4c3CN(C3CCC(=C)NC3=O)C4=O)cc2)C1=O. The summed E-state index contributed by atoms with van der Waals surface area (Å²) in [5, 5.41) is 2.73. The van der Waals surface area contributed by atoms with Gasteiger partial charge in [0.1, 0.15) is 25.0 Å². The monoisotopic (exact) mass is 465 g/mol. The number of carbonyl (C=O) groups is 3. The highest BCUT2D eigenvalue weighted by Gasteiger charge is 2.39. The molecule has 176 valence electrons. The molecule has 5 rings (SSSR count). The number of hydrogen-bond donors (Lipinski definition) is 1. The summed E-state index contributed by atoms with van der Waals surface area (Å²) >= 11 is 0. The van der Waals surface area contributed by atoms with Gasteiger partial charge < -0.3 is 24.6 Å². The molecule has 8 heteroatoms. The maximum absolute atomic E-state index is 13.0. The van der Waals surface area contributed by atoms with Gasteiger partial charge in [0.15, 0.2) is 0 Å². The van der Waals surface area contributed by atoms with Crippen molar-refractivity contribution in [2.24, 2.45) is 0 Å². The predicted octanol–water partition coefficient (Wildman–Crippen LogP) is 2.37. The maximum atomic E-state index is 13.0. The number of amides is 3. The fourth-order valence-electron chi connectivity index (χ4n) is 4.29. The second-order valence-corrected chi connectivity index (χ2v) is 8.39. The highest BCUT2D eigenvalue weighted by molar-refractivity contribution is 6.02. The Kier molecular flexibility index (Phi) is 4.86. The van der Waals surface area contributed by atoms with E-state index in [1.165, 1.54) is 0 Å². The largest absolute Gasteiger partial charge is 0.489 e. The van der Waals surface area contributed by atoms with Crippen LogP contribution in [0.4, 0.5) is 0 Å². The summed E-state index contributed by atoms with van der Waals surface area (Å²) in [5.41, 5.74) is 3.34. The number of ether oxygens (including phenoxy) is 2. The third-order valence-corrected chi connectivity index (χ3v) is 6.12. The molecule has 8 nitrogen and oxygen atoms in total. The quantitative estimate of drug-likeness (QED) is 0.708. The lowest BCUT2D eigenvalue weighted by Crippen LogP contribution is -2.49. The van der Waals surface area contributed by atoms with Crippen molar-refractivity contribution in [2.75, 3.05) is 19.7 Å². The van der Waals surface area contributed by atoms with Crippen molar-refractivity contribution in [2.45, 2.75) is 38.6 Å². The summed E-state index contributed by atoms with van der Waals surface area (Å²) in [6.45, 7) is -1.49. The summed E-state index contributed by atoms with van der Waals surface area (Å²) in [5.74, 6) is -0.709. The van der Waals surface area contributed by atoms with Crippen LogP contribution in [0.15, 0.2) is 54.7 Å². The fraction of sp³-hybridized carbons (Fsp3) is 0.346. The lowest BCUT2D eigenvalue weighted by Gasteiger charge is -2.31. The molecule has 0 aromatic heterocycles. The van der Waals surface area contributed by atoms with Gasteiger partial charge in [-0.15, -0.1) is 0 Å². The predicted molar refractivity (Wildman–Crippen MR) is 124 cm³/mol. The van der Waals surface area contributed by atoms with E-state index in [0.29, 0.717) is 35.4 Å². The molecule has 0 spiro atoms. The minimum atomic E-state index is -2.36.